The van der Waals surface area contributed by atoms with Crippen molar-refractivity contribution in [1.29, 1.82) is 0 Å². The fourth-order valence-corrected chi connectivity index (χ4v) is 5.96. The highest BCUT2D eigenvalue weighted by Gasteiger charge is 2.27. The predicted molar refractivity (Wildman–Crippen MR) is 236 cm³/mol. The lowest BCUT2D eigenvalue weighted by Crippen LogP contribution is -2.44. The number of hydrogen-bond acceptors (Lipinski definition) is 12. The molecule has 0 spiro atoms. The molecule has 0 radical (unpaired) electrons. The van der Waals surface area contributed by atoms with Crippen molar-refractivity contribution in [2.45, 2.75) is 72.3 Å². The Morgan fingerprint density at radius 1 is 0.524 bits per heavy atom. The number of carbonyl (C=O) groups is 6. The maximum atomic E-state index is 13.2. The standard InChI is InChI=1S/C49H54N2O12/c1-32(2)25-40(50-48(56)60-30-36-13-9-7-10-14-36)46(54)62-42-23-19-34(27-44(42)58-5)17-21-38(52)29-39(53)22-18-35-20-24-43(45(28-35)59-6)63-47(55)41(26-33(3)4)51-49(57)61-31-37-15-11-8-12-16-37/h7-24,27-28,32-33,40-41H,25-26,29-31H2,1-6H3,(H,50,56)(H,51,57)/b21-17+,22-18+/t40-,41-/m0/s1. The van der Waals surface area contributed by atoms with Crippen LogP contribution >= 0.6 is 0 Å². The summed E-state index contributed by atoms with van der Waals surface area (Å²) in [4.78, 5) is 77.0. The molecule has 0 unspecified atom stereocenters. The highest BCUT2D eigenvalue weighted by molar-refractivity contribution is 6.11. The van der Waals surface area contributed by atoms with Gasteiger partial charge in [0.25, 0.3) is 0 Å². The van der Waals surface area contributed by atoms with Crippen LogP contribution in [0.4, 0.5) is 9.59 Å². The van der Waals surface area contributed by atoms with Crippen molar-refractivity contribution in [2.75, 3.05) is 14.2 Å². The summed E-state index contributed by atoms with van der Waals surface area (Å²) < 4.78 is 32.7. The first kappa shape index (κ1) is 48.4. The maximum Gasteiger partial charge on any atom is 0.408 e. The third-order valence-corrected chi connectivity index (χ3v) is 9.06. The predicted octanol–water partition coefficient (Wildman–Crippen LogP) is 8.45. The SMILES string of the molecule is COc1cc(/C=C/C(=O)CC(=O)/C=C/c2ccc(OC(=O)[C@H](CC(C)C)NC(=O)OCc3ccccc3)c(OC)c2)ccc1OC(=O)[C@H](CC(C)C)NC(=O)OCc1ccccc1. The van der Waals surface area contributed by atoms with Gasteiger partial charge in [-0.2, -0.15) is 0 Å². The number of alkyl carbamates (subject to hydrolysis) is 2. The van der Waals surface area contributed by atoms with Gasteiger partial charge in [0.15, 0.2) is 34.6 Å². The van der Waals surface area contributed by atoms with Crippen LogP contribution in [-0.4, -0.2) is 62.0 Å². The van der Waals surface area contributed by atoms with E-state index < -0.39 is 54.2 Å². The molecule has 0 saturated heterocycles. The molecule has 4 rings (SSSR count). The molecular formula is C49H54N2O12. The first-order chi connectivity index (χ1) is 30.2. The van der Waals surface area contributed by atoms with E-state index in [2.05, 4.69) is 10.6 Å². The van der Waals surface area contributed by atoms with Crippen molar-refractivity contribution in [2.24, 2.45) is 11.8 Å². The van der Waals surface area contributed by atoms with Crippen molar-refractivity contribution in [3.63, 3.8) is 0 Å². The number of benzene rings is 4. The molecule has 4 aromatic rings. The topological polar surface area (TPSA) is 182 Å². The van der Waals surface area contributed by atoms with E-state index in [1.807, 2.05) is 88.4 Å². The van der Waals surface area contributed by atoms with E-state index in [1.165, 1.54) is 50.7 Å². The number of ketones is 2. The lowest BCUT2D eigenvalue weighted by Gasteiger charge is -2.20. The van der Waals surface area contributed by atoms with Gasteiger partial charge in [-0.25, -0.2) is 19.2 Å². The summed E-state index contributed by atoms with van der Waals surface area (Å²) in [6.07, 6.45) is 4.17. The van der Waals surface area contributed by atoms with Gasteiger partial charge in [-0.05, 0) is 83.3 Å². The van der Waals surface area contributed by atoms with Gasteiger partial charge in [-0.3, -0.25) is 9.59 Å². The molecule has 4 aromatic carbocycles. The van der Waals surface area contributed by atoms with Crippen molar-refractivity contribution in [3.8, 4) is 23.0 Å². The van der Waals surface area contributed by atoms with Crippen LogP contribution in [0.3, 0.4) is 0 Å². The number of ether oxygens (including phenoxy) is 6. The van der Waals surface area contributed by atoms with Crippen molar-refractivity contribution in [3.05, 3.63) is 131 Å². The maximum absolute atomic E-state index is 13.2. The average molecular weight is 863 g/mol. The number of methoxy groups -OCH3 is 2. The summed E-state index contributed by atoms with van der Waals surface area (Å²) in [5.74, 6) is -1.64. The summed E-state index contributed by atoms with van der Waals surface area (Å²) in [5, 5.41) is 5.19. The minimum absolute atomic E-state index is 0.0382. The third-order valence-electron chi connectivity index (χ3n) is 9.06. The average Bonchev–Trinajstić information content (AvgIpc) is 3.26. The van der Waals surface area contributed by atoms with Crippen molar-refractivity contribution in [1.82, 2.24) is 10.6 Å². The van der Waals surface area contributed by atoms with Gasteiger partial charge in [0.05, 0.1) is 20.6 Å². The molecule has 0 aliphatic heterocycles. The van der Waals surface area contributed by atoms with Gasteiger partial charge in [0, 0.05) is 0 Å². The van der Waals surface area contributed by atoms with Gasteiger partial charge in [0.1, 0.15) is 25.3 Å². The lowest BCUT2D eigenvalue weighted by molar-refractivity contribution is -0.138. The second kappa shape index (κ2) is 24.9. The van der Waals surface area contributed by atoms with Crippen molar-refractivity contribution >= 4 is 47.8 Å². The van der Waals surface area contributed by atoms with Gasteiger partial charge < -0.3 is 39.1 Å². The van der Waals surface area contributed by atoms with E-state index in [0.29, 0.717) is 24.0 Å². The molecule has 14 nitrogen and oxygen atoms in total. The zero-order chi connectivity index (χ0) is 45.7. The zero-order valence-electron chi connectivity index (χ0n) is 36.3. The van der Waals surface area contributed by atoms with Gasteiger partial charge in [-0.1, -0.05) is 113 Å². The Bertz CT molecular complexity index is 2080. The molecule has 0 aliphatic rings. The van der Waals surface area contributed by atoms with Crippen LogP contribution in [0.15, 0.2) is 109 Å². The monoisotopic (exact) mass is 862 g/mol. The van der Waals surface area contributed by atoms with Crippen LogP contribution in [0.5, 0.6) is 23.0 Å². The molecule has 14 heteroatoms. The Hall–Kier alpha value is -7.22. The molecule has 0 heterocycles. The van der Waals surface area contributed by atoms with Gasteiger partial charge in [-0.15, -0.1) is 0 Å². The van der Waals surface area contributed by atoms with Crippen LogP contribution in [0, 0.1) is 11.8 Å². The molecule has 2 N–H and O–H groups in total. The molecule has 0 bridgehead atoms. The van der Waals surface area contributed by atoms with E-state index in [4.69, 9.17) is 28.4 Å². The summed E-state index contributed by atoms with van der Waals surface area (Å²) in [6, 6.07) is 25.6. The number of allylic oxidation sites excluding steroid dienone is 2. The van der Waals surface area contributed by atoms with Crippen LogP contribution in [-0.2, 0) is 41.9 Å². The molecule has 0 aromatic heterocycles. The Morgan fingerprint density at radius 3 is 1.25 bits per heavy atom. The first-order valence-electron chi connectivity index (χ1n) is 20.4. The number of esters is 2. The molecule has 2 amide bonds. The zero-order valence-corrected chi connectivity index (χ0v) is 36.3. The highest BCUT2D eigenvalue weighted by atomic mass is 16.6. The van der Waals surface area contributed by atoms with Crippen LogP contribution in [0.25, 0.3) is 12.2 Å². The molecule has 0 saturated carbocycles. The number of hydrogen-bond donors (Lipinski definition) is 2. The first-order valence-corrected chi connectivity index (χ1v) is 20.4. The minimum Gasteiger partial charge on any atom is -0.493 e. The molecule has 63 heavy (non-hydrogen) atoms. The van der Waals surface area contributed by atoms with E-state index in [-0.39, 0.29) is 48.0 Å². The number of nitrogens with one attached hydrogen (secondary N) is 2. The number of amides is 2. The normalized spacial score (nSPS) is 12.1. The Labute approximate surface area is 367 Å². The molecule has 0 aliphatic carbocycles. The molecular weight excluding hydrogens is 809 g/mol. The fourth-order valence-electron chi connectivity index (χ4n) is 5.96. The second-order valence-corrected chi connectivity index (χ2v) is 15.2. The summed E-state index contributed by atoms with van der Waals surface area (Å²) in [6.45, 7) is 7.70. The quantitative estimate of drug-likeness (QED) is 0.0334. The Kier molecular flexibility index (Phi) is 19.1. The summed E-state index contributed by atoms with van der Waals surface area (Å²) in [5.41, 5.74) is 2.66. The smallest absolute Gasteiger partial charge is 0.408 e. The lowest BCUT2D eigenvalue weighted by atomic mass is 10.0. The largest absolute Gasteiger partial charge is 0.493 e. The van der Waals surface area contributed by atoms with Crippen LogP contribution in [0.2, 0.25) is 0 Å². The van der Waals surface area contributed by atoms with E-state index in [0.717, 1.165) is 11.1 Å². The highest BCUT2D eigenvalue weighted by Crippen LogP contribution is 2.31. The van der Waals surface area contributed by atoms with Crippen molar-refractivity contribution < 1.29 is 57.2 Å². The number of rotatable bonds is 22. The van der Waals surface area contributed by atoms with Gasteiger partial charge >= 0.3 is 24.1 Å². The summed E-state index contributed by atoms with van der Waals surface area (Å²) >= 11 is 0. The Balaban J connectivity index is 1.30. The van der Waals surface area contributed by atoms with E-state index in [9.17, 15) is 28.8 Å². The molecule has 0 fully saturated rings. The fraction of sp³-hybridized carbons (Fsp3) is 0.306. The minimum atomic E-state index is -0.991. The Morgan fingerprint density at radius 2 is 0.905 bits per heavy atom. The van der Waals surface area contributed by atoms with Crippen LogP contribution in [0.1, 0.15) is 69.2 Å². The molecule has 332 valence electrons. The van der Waals surface area contributed by atoms with E-state index >= 15 is 0 Å². The number of carbonyl (C=O) groups excluding carboxylic acids is 6. The third kappa shape index (κ3) is 17.0. The van der Waals surface area contributed by atoms with Crippen LogP contribution < -0.4 is 29.6 Å². The van der Waals surface area contributed by atoms with E-state index in [1.54, 1.807) is 24.3 Å². The summed E-state index contributed by atoms with van der Waals surface area (Å²) in [7, 11) is 2.79. The van der Waals surface area contributed by atoms with Gasteiger partial charge in [0.2, 0.25) is 0 Å². The second-order valence-electron chi connectivity index (χ2n) is 15.2. The molecule has 2 atom stereocenters.